The van der Waals surface area contributed by atoms with Crippen LogP contribution in [0.15, 0.2) is 30.5 Å². The maximum Gasteiger partial charge on any atom is 0.115 e. The summed E-state index contributed by atoms with van der Waals surface area (Å²) >= 11 is 0. The highest BCUT2D eigenvalue weighted by atomic mass is 16.3. The van der Waals surface area contributed by atoms with Gasteiger partial charge in [-0.3, -0.25) is 4.68 Å². The predicted molar refractivity (Wildman–Crippen MR) is 68.1 cm³/mol. The van der Waals surface area contributed by atoms with E-state index in [1.165, 1.54) is 0 Å². The zero-order chi connectivity index (χ0) is 12.4. The van der Waals surface area contributed by atoms with Gasteiger partial charge in [-0.2, -0.15) is 5.10 Å². The average molecular weight is 231 g/mol. The molecule has 0 saturated heterocycles. The molecule has 1 heterocycles. The molecule has 0 spiro atoms. The molecular weight excluding hydrogens is 214 g/mol. The van der Waals surface area contributed by atoms with E-state index in [1.54, 1.807) is 16.8 Å². The van der Waals surface area contributed by atoms with Crippen LogP contribution in [0, 0.1) is 6.92 Å². The van der Waals surface area contributed by atoms with Crippen molar-refractivity contribution in [3.63, 3.8) is 0 Å². The molecule has 4 heteroatoms. The van der Waals surface area contributed by atoms with E-state index in [1.807, 2.05) is 32.3 Å². The van der Waals surface area contributed by atoms with Gasteiger partial charge >= 0.3 is 0 Å². The zero-order valence-electron chi connectivity index (χ0n) is 10.3. The Hall–Kier alpha value is -1.97. The van der Waals surface area contributed by atoms with Crippen LogP contribution in [0.5, 0.6) is 5.75 Å². The second-order valence-corrected chi connectivity index (χ2v) is 4.26. The number of aryl methyl sites for hydroxylation is 2. The second-order valence-electron chi connectivity index (χ2n) is 4.26. The van der Waals surface area contributed by atoms with Crippen LogP contribution in [0.4, 0.5) is 5.69 Å². The largest absolute Gasteiger partial charge is 0.508 e. The summed E-state index contributed by atoms with van der Waals surface area (Å²) in [5.74, 6) is 0.290. The number of nitrogens with zero attached hydrogens (tertiary/aromatic N) is 2. The molecular formula is C13H17N3O. The van der Waals surface area contributed by atoms with Gasteiger partial charge in [-0.1, -0.05) is 12.1 Å². The van der Waals surface area contributed by atoms with Crippen molar-refractivity contribution in [3.8, 4) is 5.75 Å². The van der Waals surface area contributed by atoms with Crippen LogP contribution >= 0.6 is 0 Å². The molecule has 0 aliphatic carbocycles. The van der Waals surface area contributed by atoms with Gasteiger partial charge in [-0.25, -0.2) is 0 Å². The highest BCUT2D eigenvalue weighted by Gasteiger charge is 2.08. The van der Waals surface area contributed by atoms with Gasteiger partial charge in [0.2, 0.25) is 0 Å². The first-order valence-electron chi connectivity index (χ1n) is 5.62. The molecule has 0 amide bonds. The molecule has 0 fully saturated rings. The van der Waals surface area contributed by atoms with Gasteiger partial charge < -0.3 is 10.4 Å². The molecule has 0 saturated carbocycles. The number of benzene rings is 1. The normalized spacial score (nSPS) is 12.4. The molecule has 17 heavy (non-hydrogen) atoms. The van der Waals surface area contributed by atoms with E-state index >= 15 is 0 Å². The van der Waals surface area contributed by atoms with E-state index in [4.69, 9.17) is 0 Å². The molecule has 0 bridgehead atoms. The summed E-state index contributed by atoms with van der Waals surface area (Å²) < 4.78 is 1.79. The summed E-state index contributed by atoms with van der Waals surface area (Å²) in [6, 6.07) is 7.41. The van der Waals surface area contributed by atoms with Gasteiger partial charge in [0, 0.05) is 19.3 Å². The first-order valence-corrected chi connectivity index (χ1v) is 5.62. The number of phenolic OH excluding ortho intramolecular Hbond substituents is 1. The quantitative estimate of drug-likeness (QED) is 0.853. The monoisotopic (exact) mass is 231 g/mol. The first-order chi connectivity index (χ1) is 8.06. The SMILES string of the molecule is Cc1nn(C)cc1NC(C)c1ccc(O)cc1. The lowest BCUT2D eigenvalue weighted by Crippen LogP contribution is -2.06. The molecule has 90 valence electrons. The number of hydrogen-bond acceptors (Lipinski definition) is 3. The molecule has 0 aliphatic heterocycles. The summed E-state index contributed by atoms with van der Waals surface area (Å²) in [5, 5.41) is 16.9. The smallest absolute Gasteiger partial charge is 0.115 e. The maximum absolute atomic E-state index is 9.24. The number of aromatic nitrogens is 2. The summed E-state index contributed by atoms with van der Waals surface area (Å²) in [4.78, 5) is 0. The highest BCUT2D eigenvalue weighted by Crippen LogP contribution is 2.22. The third-order valence-corrected chi connectivity index (χ3v) is 2.78. The Morgan fingerprint density at radius 2 is 1.94 bits per heavy atom. The van der Waals surface area contributed by atoms with Crippen molar-refractivity contribution in [2.75, 3.05) is 5.32 Å². The summed E-state index contributed by atoms with van der Waals surface area (Å²) in [6.07, 6.45) is 1.96. The molecule has 1 aromatic heterocycles. The Labute approximate surface area is 101 Å². The van der Waals surface area contributed by atoms with E-state index in [-0.39, 0.29) is 6.04 Å². The number of phenols is 1. The predicted octanol–water partition coefficient (Wildman–Crippen LogP) is 2.61. The van der Waals surface area contributed by atoms with Crippen molar-refractivity contribution in [1.29, 1.82) is 0 Å². The Kier molecular flexibility index (Phi) is 3.04. The van der Waals surface area contributed by atoms with E-state index in [0.29, 0.717) is 5.75 Å². The third kappa shape index (κ3) is 2.58. The zero-order valence-corrected chi connectivity index (χ0v) is 10.3. The fourth-order valence-corrected chi connectivity index (χ4v) is 1.82. The number of anilines is 1. The lowest BCUT2D eigenvalue weighted by Gasteiger charge is -2.14. The molecule has 2 aromatic rings. The molecule has 1 aromatic carbocycles. The topological polar surface area (TPSA) is 50.1 Å². The van der Waals surface area contributed by atoms with Crippen molar-refractivity contribution in [2.24, 2.45) is 7.05 Å². The average Bonchev–Trinajstić information content (AvgIpc) is 2.58. The van der Waals surface area contributed by atoms with Crippen LogP contribution in [0.3, 0.4) is 0 Å². The second kappa shape index (κ2) is 4.49. The fraction of sp³-hybridized carbons (Fsp3) is 0.308. The highest BCUT2D eigenvalue weighted by molar-refractivity contribution is 5.47. The van der Waals surface area contributed by atoms with E-state index in [2.05, 4.69) is 17.3 Å². The van der Waals surface area contributed by atoms with E-state index in [0.717, 1.165) is 16.9 Å². The molecule has 0 aliphatic rings. The van der Waals surface area contributed by atoms with Crippen LogP contribution in [0.25, 0.3) is 0 Å². The Morgan fingerprint density at radius 1 is 1.29 bits per heavy atom. The third-order valence-electron chi connectivity index (χ3n) is 2.78. The Morgan fingerprint density at radius 3 is 2.47 bits per heavy atom. The Balaban J connectivity index is 2.13. The number of hydrogen-bond donors (Lipinski definition) is 2. The number of rotatable bonds is 3. The van der Waals surface area contributed by atoms with Crippen molar-refractivity contribution >= 4 is 5.69 Å². The van der Waals surface area contributed by atoms with E-state index in [9.17, 15) is 5.11 Å². The van der Waals surface area contributed by atoms with Crippen LogP contribution < -0.4 is 5.32 Å². The van der Waals surface area contributed by atoms with Crippen molar-refractivity contribution in [2.45, 2.75) is 19.9 Å². The molecule has 1 unspecified atom stereocenters. The van der Waals surface area contributed by atoms with Crippen LogP contribution in [0.1, 0.15) is 24.2 Å². The van der Waals surface area contributed by atoms with E-state index < -0.39 is 0 Å². The van der Waals surface area contributed by atoms with Gasteiger partial charge in [0.25, 0.3) is 0 Å². The van der Waals surface area contributed by atoms with Crippen LogP contribution in [0.2, 0.25) is 0 Å². The molecule has 4 nitrogen and oxygen atoms in total. The van der Waals surface area contributed by atoms with Gasteiger partial charge in [0.05, 0.1) is 11.4 Å². The minimum atomic E-state index is 0.179. The first kappa shape index (κ1) is 11.5. The number of nitrogens with one attached hydrogen (secondary N) is 1. The molecule has 0 radical (unpaired) electrons. The van der Waals surface area contributed by atoms with Crippen molar-refractivity contribution in [1.82, 2.24) is 9.78 Å². The minimum absolute atomic E-state index is 0.179. The number of aromatic hydroxyl groups is 1. The standard InChI is InChI=1S/C13H17N3O/c1-9(11-4-6-12(17)7-5-11)14-13-8-16(3)15-10(13)2/h4-9,14,17H,1-3H3. The molecule has 1 atom stereocenters. The van der Waals surface area contributed by atoms with Gasteiger partial charge in [0.15, 0.2) is 0 Å². The van der Waals surface area contributed by atoms with Crippen LogP contribution in [-0.2, 0) is 7.05 Å². The van der Waals surface area contributed by atoms with Crippen molar-refractivity contribution < 1.29 is 5.11 Å². The minimum Gasteiger partial charge on any atom is -0.508 e. The molecule has 2 N–H and O–H groups in total. The van der Waals surface area contributed by atoms with Gasteiger partial charge in [-0.15, -0.1) is 0 Å². The lowest BCUT2D eigenvalue weighted by molar-refractivity contribution is 0.475. The summed E-state index contributed by atoms with van der Waals surface area (Å²) in [7, 11) is 1.91. The summed E-state index contributed by atoms with van der Waals surface area (Å²) in [6.45, 7) is 4.06. The van der Waals surface area contributed by atoms with Gasteiger partial charge in [-0.05, 0) is 31.5 Å². The molecule has 2 rings (SSSR count). The Bertz CT molecular complexity index is 502. The lowest BCUT2D eigenvalue weighted by atomic mass is 10.1. The fourth-order valence-electron chi connectivity index (χ4n) is 1.82. The van der Waals surface area contributed by atoms with Crippen molar-refractivity contribution in [3.05, 3.63) is 41.7 Å². The summed E-state index contributed by atoms with van der Waals surface area (Å²) in [5.41, 5.74) is 3.15. The maximum atomic E-state index is 9.24. The van der Waals surface area contributed by atoms with Crippen LogP contribution in [-0.4, -0.2) is 14.9 Å². The van der Waals surface area contributed by atoms with Gasteiger partial charge in [0.1, 0.15) is 5.75 Å².